The standard InChI is InChI=1S/C16H22N4O2S/c1-4-5-8-23(21,22)20-16-7-6-15(18-19-16)17-14-10-12(2)9-13(3)11-14/h6-7,9-11H,4-5,8H2,1-3H3,(H,17,18)(H,19,20). The fourth-order valence-electron chi connectivity index (χ4n) is 2.19. The molecule has 0 atom stereocenters. The predicted octanol–water partition coefficient (Wildman–Crippen LogP) is 3.38. The second-order valence-electron chi connectivity index (χ2n) is 5.58. The molecule has 0 radical (unpaired) electrons. The van der Waals surface area contributed by atoms with Gasteiger partial charge in [0.25, 0.3) is 0 Å². The fraction of sp³-hybridized carbons (Fsp3) is 0.375. The van der Waals surface area contributed by atoms with Gasteiger partial charge < -0.3 is 5.32 Å². The number of unbranched alkanes of at least 4 members (excludes halogenated alkanes) is 1. The summed E-state index contributed by atoms with van der Waals surface area (Å²) in [4.78, 5) is 0. The first-order valence-electron chi connectivity index (χ1n) is 7.57. The van der Waals surface area contributed by atoms with E-state index in [1.807, 2.05) is 32.9 Å². The van der Waals surface area contributed by atoms with Gasteiger partial charge >= 0.3 is 0 Å². The van der Waals surface area contributed by atoms with Gasteiger partial charge in [0, 0.05) is 5.69 Å². The lowest BCUT2D eigenvalue weighted by atomic mass is 10.1. The van der Waals surface area contributed by atoms with Crippen LogP contribution in [0.25, 0.3) is 0 Å². The highest BCUT2D eigenvalue weighted by Crippen LogP contribution is 2.18. The van der Waals surface area contributed by atoms with Gasteiger partial charge in [-0.3, -0.25) is 4.72 Å². The summed E-state index contributed by atoms with van der Waals surface area (Å²) < 4.78 is 26.1. The SMILES string of the molecule is CCCCS(=O)(=O)Nc1ccc(Nc2cc(C)cc(C)c2)nn1. The zero-order valence-corrected chi connectivity index (χ0v) is 14.4. The molecule has 0 aliphatic rings. The number of aryl methyl sites for hydroxylation is 2. The van der Waals surface area contributed by atoms with Gasteiger partial charge in [0.1, 0.15) is 0 Å². The van der Waals surface area contributed by atoms with Crippen molar-refractivity contribution in [1.29, 1.82) is 0 Å². The number of nitrogens with zero attached hydrogens (tertiary/aromatic N) is 2. The topological polar surface area (TPSA) is 84.0 Å². The minimum absolute atomic E-state index is 0.0910. The summed E-state index contributed by atoms with van der Waals surface area (Å²) in [7, 11) is -3.35. The molecule has 0 saturated carbocycles. The molecule has 0 saturated heterocycles. The van der Waals surface area contributed by atoms with Crippen LogP contribution in [0.3, 0.4) is 0 Å². The first kappa shape index (κ1) is 17.2. The Labute approximate surface area is 137 Å². The second kappa shape index (κ2) is 7.41. The van der Waals surface area contributed by atoms with Crippen LogP contribution >= 0.6 is 0 Å². The van der Waals surface area contributed by atoms with Crippen LogP contribution in [0, 0.1) is 13.8 Å². The van der Waals surface area contributed by atoms with E-state index < -0.39 is 10.0 Å². The van der Waals surface area contributed by atoms with Gasteiger partial charge in [0.05, 0.1) is 5.75 Å². The maximum absolute atomic E-state index is 11.8. The van der Waals surface area contributed by atoms with E-state index >= 15 is 0 Å². The second-order valence-corrected chi connectivity index (χ2v) is 7.42. The average molecular weight is 334 g/mol. The Morgan fingerprint density at radius 3 is 2.17 bits per heavy atom. The van der Waals surface area contributed by atoms with Crippen LogP contribution in [0.1, 0.15) is 30.9 Å². The Balaban J connectivity index is 2.04. The van der Waals surface area contributed by atoms with Crippen molar-refractivity contribution in [3.05, 3.63) is 41.5 Å². The van der Waals surface area contributed by atoms with E-state index in [1.54, 1.807) is 12.1 Å². The number of rotatable bonds is 7. The maximum Gasteiger partial charge on any atom is 0.233 e. The van der Waals surface area contributed by atoms with Crippen LogP contribution in [0.4, 0.5) is 17.3 Å². The maximum atomic E-state index is 11.8. The van der Waals surface area contributed by atoms with E-state index in [2.05, 4.69) is 26.3 Å². The van der Waals surface area contributed by atoms with Crippen LogP contribution in [-0.4, -0.2) is 24.4 Å². The van der Waals surface area contributed by atoms with Crippen LogP contribution in [0.2, 0.25) is 0 Å². The van der Waals surface area contributed by atoms with Gasteiger partial charge in [0.15, 0.2) is 11.6 Å². The van der Waals surface area contributed by atoms with Crippen molar-refractivity contribution in [3.63, 3.8) is 0 Å². The molecule has 0 bridgehead atoms. The minimum Gasteiger partial charge on any atom is -0.339 e. The Morgan fingerprint density at radius 2 is 1.61 bits per heavy atom. The van der Waals surface area contributed by atoms with Gasteiger partial charge in [-0.1, -0.05) is 19.4 Å². The summed E-state index contributed by atoms with van der Waals surface area (Å²) in [5, 5.41) is 11.1. The Bertz CT molecular complexity index is 738. The monoisotopic (exact) mass is 334 g/mol. The summed E-state index contributed by atoms with van der Waals surface area (Å²) in [5.74, 6) is 0.881. The number of aromatic nitrogens is 2. The Kier molecular flexibility index (Phi) is 5.54. The minimum atomic E-state index is -3.35. The molecule has 1 aromatic carbocycles. The lowest BCUT2D eigenvalue weighted by Crippen LogP contribution is -2.17. The van der Waals surface area contributed by atoms with E-state index in [9.17, 15) is 8.42 Å². The van der Waals surface area contributed by atoms with E-state index in [0.717, 1.165) is 23.2 Å². The summed E-state index contributed by atoms with van der Waals surface area (Å²) >= 11 is 0. The van der Waals surface area contributed by atoms with Crippen molar-refractivity contribution in [2.24, 2.45) is 0 Å². The summed E-state index contributed by atoms with van der Waals surface area (Å²) in [6.45, 7) is 6.00. The largest absolute Gasteiger partial charge is 0.339 e. The third kappa shape index (κ3) is 5.52. The molecular weight excluding hydrogens is 312 g/mol. The molecule has 2 aromatic rings. The lowest BCUT2D eigenvalue weighted by Gasteiger charge is -2.09. The van der Waals surface area contributed by atoms with E-state index in [1.165, 1.54) is 0 Å². The number of anilines is 3. The zero-order valence-electron chi connectivity index (χ0n) is 13.6. The fourth-order valence-corrected chi connectivity index (χ4v) is 3.39. The van der Waals surface area contributed by atoms with Gasteiger partial charge in [-0.05, 0) is 55.7 Å². The highest BCUT2D eigenvalue weighted by molar-refractivity contribution is 7.92. The molecule has 0 spiro atoms. The third-order valence-electron chi connectivity index (χ3n) is 3.19. The molecule has 1 heterocycles. The highest BCUT2D eigenvalue weighted by Gasteiger charge is 2.10. The molecule has 0 fully saturated rings. The molecule has 2 N–H and O–H groups in total. The number of hydrogen-bond acceptors (Lipinski definition) is 5. The molecule has 23 heavy (non-hydrogen) atoms. The molecule has 2 rings (SSSR count). The molecule has 1 aromatic heterocycles. The van der Waals surface area contributed by atoms with Gasteiger partial charge in [-0.2, -0.15) is 0 Å². The quantitative estimate of drug-likeness (QED) is 0.811. The summed E-state index contributed by atoms with van der Waals surface area (Å²) in [6.07, 6.45) is 1.44. The molecule has 0 unspecified atom stereocenters. The van der Waals surface area contributed by atoms with Crippen molar-refractivity contribution >= 4 is 27.3 Å². The number of hydrogen-bond donors (Lipinski definition) is 2. The molecule has 6 nitrogen and oxygen atoms in total. The van der Waals surface area contributed by atoms with Crippen molar-refractivity contribution < 1.29 is 8.42 Å². The summed E-state index contributed by atoms with van der Waals surface area (Å²) in [6, 6.07) is 9.40. The first-order valence-corrected chi connectivity index (χ1v) is 9.23. The first-order chi connectivity index (χ1) is 10.9. The predicted molar refractivity (Wildman–Crippen MR) is 93.5 cm³/mol. The van der Waals surface area contributed by atoms with Gasteiger partial charge in [-0.25, -0.2) is 8.42 Å². The smallest absolute Gasteiger partial charge is 0.233 e. The molecule has 0 aliphatic heterocycles. The Morgan fingerprint density at radius 1 is 1.00 bits per heavy atom. The van der Waals surface area contributed by atoms with E-state index in [4.69, 9.17) is 0 Å². The molecular formula is C16H22N4O2S. The van der Waals surface area contributed by atoms with Crippen molar-refractivity contribution in [2.45, 2.75) is 33.6 Å². The van der Waals surface area contributed by atoms with Gasteiger partial charge in [-0.15, -0.1) is 10.2 Å². The number of sulfonamides is 1. The van der Waals surface area contributed by atoms with Crippen molar-refractivity contribution in [2.75, 3.05) is 15.8 Å². The zero-order chi connectivity index (χ0) is 16.9. The molecule has 124 valence electrons. The van der Waals surface area contributed by atoms with Gasteiger partial charge in [0.2, 0.25) is 10.0 Å². The van der Waals surface area contributed by atoms with Crippen molar-refractivity contribution in [1.82, 2.24) is 10.2 Å². The highest BCUT2D eigenvalue weighted by atomic mass is 32.2. The van der Waals surface area contributed by atoms with Crippen LogP contribution < -0.4 is 10.0 Å². The third-order valence-corrected chi connectivity index (χ3v) is 4.53. The molecule has 0 amide bonds. The summed E-state index contributed by atoms with van der Waals surface area (Å²) in [5.41, 5.74) is 3.23. The number of nitrogens with one attached hydrogen (secondary N) is 2. The Hall–Kier alpha value is -2.15. The average Bonchev–Trinajstić information content (AvgIpc) is 2.46. The number of benzene rings is 1. The molecule has 7 heteroatoms. The van der Waals surface area contributed by atoms with Crippen LogP contribution in [0.5, 0.6) is 0 Å². The normalized spacial score (nSPS) is 11.3. The van der Waals surface area contributed by atoms with Crippen LogP contribution in [0.15, 0.2) is 30.3 Å². The van der Waals surface area contributed by atoms with E-state index in [-0.39, 0.29) is 11.6 Å². The molecule has 0 aliphatic carbocycles. The van der Waals surface area contributed by atoms with E-state index in [0.29, 0.717) is 12.2 Å². The van der Waals surface area contributed by atoms with Crippen molar-refractivity contribution in [3.8, 4) is 0 Å². The lowest BCUT2D eigenvalue weighted by molar-refractivity contribution is 0.597. The van der Waals surface area contributed by atoms with Crippen LogP contribution in [-0.2, 0) is 10.0 Å².